The number of anilines is 1. The average Bonchev–Trinajstić information content (AvgIpc) is 3.65. The second kappa shape index (κ2) is 9.50. The molecule has 166 valence electrons. The van der Waals surface area contributed by atoms with Crippen molar-refractivity contribution in [2.24, 2.45) is 0 Å². The first kappa shape index (κ1) is 22.0. The molecule has 0 radical (unpaired) electrons. The summed E-state index contributed by atoms with van der Waals surface area (Å²) < 4.78 is 26.6. The molecule has 1 fully saturated rings. The molecule has 4 rings (SSSR count). The van der Waals surface area contributed by atoms with E-state index in [0.717, 1.165) is 28.1 Å². The van der Waals surface area contributed by atoms with Crippen LogP contribution in [0.1, 0.15) is 24.0 Å². The molecule has 0 amide bonds. The minimum Gasteiger partial charge on any atom is -0.480 e. The van der Waals surface area contributed by atoms with Crippen molar-refractivity contribution < 1.29 is 18.3 Å². The summed E-state index contributed by atoms with van der Waals surface area (Å²) in [5, 5.41) is 12.3. The van der Waals surface area contributed by atoms with Crippen LogP contribution in [0.25, 0.3) is 11.1 Å². The third-order valence-corrected chi connectivity index (χ3v) is 7.32. The topological polar surface area (TPSA) is 108 Å². The van der Waals surface area contributed by atoms with Crippen molar-refractivity contribution in [1.29, 1.82) is 0 Å². The van der Waals surface area contributed by atoms with Crippen LogP contribution in [0.15, 0.2) is 72.9 Å². The van der Waals surface area contributed by atoms with E-state index >= 15 is 0 Å². The summed E-state index contributed by atoms with van der Waals surface area (Å²) in [5.41, 5.74) is 3.91. The fourth-order valence-corrected chi connectivity index (χ4v) is 4.97. The number of hydrogen-bond donors (Lipinski definition) is 3. The van der Waals surface area contributed by atoms with Gasteiger partial charge in [-0.2, -0.15) is 0 Å². The Morgan fingerprint density at radius 1 is 1.00 bits per heavy atom. The quantitative estimate of drug-likeness (QED) is 0.436. The summed E-state index contributed by atoms with van der Waals surface area (Å²) in [7, 11) is -3.57. The smallest absolute Gasteiger partial charge is 0.322 e. The molecule has 1 atom stereocenters. The predicted octanol–water partition coefficient (Wildman–Crippen LogP) is 3.44. The molecule has 3 N–H and O–H groups in total. The van der Waals surface area contributed by atoms with Crippen molar-refractivity contribution in [3.63, 3.8) is 0 Å². The molecule has 8 heteroatoms. The minimum absolute atomic E-state index is 0.0929. The minimum atomic E-state index is -3.57. The Labute approximate surface area is 187 Å². The van der Waals surface area contributed by atoms with Gasteiger partial charge in [0.1, 0.15) is 11.9 Å². The van der Waals surface area contributed by atoms with Gasteiger partial charge in [-0.1, -0.05) is 48.5 Å². The number of carbonyl (C=O) groups is 1. The van der Waals surface area contributed by atoms with E-state index in [1.54, 1.807) is 6.20 Å². The summed E-state index contributed by atoms with van der Waals surface area (Å²) in [5.74, 6) is -0.362. The van der Waals surface area contributed by atoms with Gasteiger partial charge in [-0.05, 0) is 59.7 Å². The Kier molecular flexibility index (Phi) is 6.53. The lowest BCUT2D eigenvalue weighted by atomic mass is 9.99. The van der Waals surface area contributed by atoms with E-state index in [-0.39, 0.29) is 6.42 Å². The molecule has 0 aliphatic heterocycles. The highest BCUT2D eigenvalue weighted by atomic mass is 32.2. The maximum atomic E-state index is 12.1. The lowest BCUT2D eigenvalue weighted by Crippen LogP contribution is -2.43. The van der Waals surface area contributed by atoms with Gasteiger partial charge in [0.15, 0.2) is 0 Å². The van der Waals surface area contributed by atoms with Crippen molar-refractivity contribution in [2.75, 3.05) is 5.32 Å². The fourth-order valence-electron chi connectivity index (χ4n) is 3.44. The second-order valence-electron chi connectivity index (χ2n) is 7.92. The zero-order chi connectivity index (χ0) is 22.6. The van der Waals surface area contributed by atoms with E-state index in [2.05, 4.69) is 21.1 Å². The Bertz CT molecular complexity index is 1180. The molecule has 1 aliphatic carbocycles. The highest BCUT2D eigenvalue weighted by Gasteiger charge is 2.38. The molecule has 7 nitrogen and oxygen atoms in total. The molecule has 1 heterocycles. The summed E-state index contributed by atoms with van der Waals surface area (Å²) in [6, 6.07) is 20.2. The van der Waals surface area contributed by atoms with Crippen LogP contribution < -0.4 is 10.0 Å². The van der Waals surface area contributed by atoms with Gasteiger partial charge in [0.2, 0.25) is 10.0 Å². The molecule has 0 saturated heterocycles. The van der Waals surface area contributed by atoms with E-state index in [1.807, 2.05) is 60.7 Å². The molecular weight excluding hydrogens is 426 g/mol. The Morgan fingerprint density at radius 3 is 2.44 bits per heavy atom. The molecule has 3 aromatic rings. The molecular formula is C24H25N3O4S. The highest BCUT2D eigenvalue weighted by Crippen LogP contribution is 2.28. The van der Waals surface area contributed by atoms with Crippen LogP contribution >= 0.6 is 0 Å². The van der Waals surface area contributed by atoms with Crippen molar-refractivity contribution in [1.82, 2.24) is 9.71 Å². The maximum absolute atomic E-state index is 12.1. The Morgan fingerprint density at radius 2 is 1.78 bits per heavy atom. The molecule has 2 aromatic carbocycles. The first-order chi connectivity index (χ1) is 15.4. The van der Waals surface area contributed by atoms with Crippen LogP contribution in [0, 0.1) is 0 Å². The standard InChI is InChI=1S/C24H25N3O4S/c28-24(29)22(27-32(30,31)21-11-12-21)15-17-7-9-19(10-8-17)20-5-3-4-18(14-20)16-26-23-6-1-2-13-25-23/h1-10,13-14,21-22,27H,11-12,15-16H2,(H,25,26)(H,28,29). The SMILES string of the molecule is O=C(O)C(Cc1ccc(-c2cccc(CNc3ccccn3)c2)cc1)NS(=O)(=O)C1CC1. The molecule has 1 aliphatic rings. The number of benzene rings is 2. The summed E-state index contributed by atoms with van der Waals surface area (Å²) in [6.07, 6.45) is 3.02. The van der Waals surface area contributed by atoms with E-state index in [9.17, 15) is 18.3 Å². The van der Waals surface area contributed by atoms with Gasteiger partial charge in [0.25, 0.3) is 0 Å². The first-order valence-corrected chi connectivity index (χ1v) is 12.0. The average molecular weight is 452 g/mol. The number of hydrogen-bond acceptors (Lipinski definition) is 5. The van der Waals surface area contributed by atoms with Crippen LogP contribution in [0.4, 0.5) is 5.82 Å². The molecule has 1 aromatic heterocycles. The molecule has 1 unspecified atom stereocenters. The van der Waals surface area contributed by atoms with Crippen LogP contribution in [0.5, 0.6) is 0 Å². The second-order valence-corrected chi connectivity index (χ2v) is 9.92. The monoisotopic (exact) mass is 451 g/mol. The van der Waals surface area contributed by atoms with E-state index in [1.165, 1.54) is 0 Å². The number of aromatic nitrogens is 1. The van der Waals surface area contributed by atoms with Gasteiger partial charge in [-0.25, -0.2) is 18.1 Å². The number of rotatable bonds is 10. The number of pyridine rings is 1. The van der Waals surface area contributed by atoms with E-state index < -0.39 is 27.3 Å². The number of carboxylic acids is 1. The van der Waals surface area contributed by atoms with E-state index in [0.29, 0.717) is 19.4 Å². The number of nitrogens with one attached hydrogen (secondary N) is 2. The van der Waals surface area contributed by atoms with E-state index in [4.69, 9.17) is 0 Å². The lowest BCUT2D eigenvalue weighted by Gasteiger charge is -2.15. The van der Waals surface area contributed by atoms with Crippen LogP contribution in [-0.2, 0) is 27.8 Å². The zero-order valence-electron chi connectivity index (χ0n) is 17.4. The van der Waals surface area contributed by atoms with Gasteiger partial charge in [0, 0.05) is 12.7 Å². The third-order valence-electron chi connectivity index (χ3n) is 5.36. The fraction of sp³-hybridized carbons (Fsp3) is 0.250. The Balaban J connectivity index is 1.42. The van der Waals surface area contributed by atoms with Gasteiger partial charge < -0.3 is 10.4 Å². The van der Waals surface area contributed by atoms with Crippen LogP contribution in [0.2, 0.25) is 0 Å². The maximum Gasteiger partial charge on any atom is 0.322 e. The third kappa shape index (κ3) is 5.72. The molecule has 0 bridgehead atoms. The van der Waals surface area contributed by atoms with Gasteiger partial charge in [0.05, 0.1) is 5.25 Å². The van der Waals surface area contributed by atoms with Crippen LogP contribution in [-0.4, -0.2) is 35.8 Å². The van der Waals surface area contributed by atoms with Gasteiger partial charge >= 0.3 is 5.97 Å². The number of aliphatic carboxylic acids is 1. The van der Waals surface area contributed by atoms with Gasteiger partial charge in [-0.3, -0.25) is 4.79 Å². The van der Waals surface area contributed by atoms with Crippen LogP contribution in [0.3, 0.4) is 0 Å². The predicted molar refractivity (Wildman–Crippen MR) is 124 cm³/mol. The van der Waals surface area contributed by atoms with Crippen molar-refractivity contribution in [3.05, 3.63) is 84.1 Å². The van der Waals surface area contributed by atoms with Crippen molar-refractivity contribution in [3.8, 4) is 11.1 Å². The van der Waals surface area contributed by atoms with Gasteiger partial charge in [-0.15, -0.1) is 0 Å². The number of carboxylic acid groups (broad SMARTS) is 1. The summed E-state index contributed by atoms with van der Waals surface area (Å²) in [4.78, 5) is 15.8. The number of nitrogens with zero attached hydrogens (tertiary/aromatic N) is 1. The number of sulfonamides is 1. The lowest BCUT2D eigenvalue weighted by molar-refractivity contribution is -0.138. The normalized spacial score (nSPS) is 14.6. The Hall–Kier alpha value is -3.23. The van der Waals surface area contributed by atoms with Crippen molar-refractivity contribution in [2.45, 2.75) is 37.1 Å². The van der Waals surface area contributed by atoms with Crippen molar-refractivity contribution >= 4 is 21.8 Å². The highest BCUT2D eigenvalue weighted by molar-refractivity contribution is 7.90. The largest absolute Gasteiger partial charge is 0.480 e. The molecule has 32 heavy (non-hydrogen) atoms. The zero-order valence-corrected chi connectivity index (χ0v) is 18.3. The summed E-state index contributed by atoms with van der Waals surface area (Å²) >= 11 is 0. The first-order valence-electron chi connectivity index (χ1n) is 10.5. The summed E-state index contributed by atoms with van der Waals surface area (Å²) in [6.45, 7) is 0.643. The molecule has 0 spiro atoms. The molecule has 1 saturated carbocycles.